The average Bonchev–Trinajstić information content (AvgIpc) is 2.93. The first kappa shape index (κ1) is 10.9. The number of nitrogens with one attached hydrogen (secondary N) is 1. The molecule has 0 aromatic heterocycles. The van der Waals surface area contributed by atoms with Gasteiger partial charge >= 0.3 is 0 Å². The van der Waals surface area contributed by atoms with Crippen molar-refractivity contribution in [1.29, 1.82) is 0 Å². The lowest BCUT2D eigenvalue weighted by Crippen LogP contribution is -2.30. The summed E-state index contributed by atoms with van der Waals surface area (Å²) in [6.07, 6.45) is 5.10. The second-order valence-electron chi connectivity index (χ2n) is 5.12. The second-order valence-corrected chi connectivity index (χ2v) is 5.12. The summed E-state index contributed by atoms with van der Waals surface area (Å²) in [6, 6.07) is 0. The van der Waals surface area contributed by atoms with Gasteiger partial charge in [0.1, 0.15) is 5.78 Å². The van der Waals surface area contributed by atoms with Crippen molar-refractivity contribution in [2.24, 2.45) is 11.3 Å². The van der Waals surface area contributed by atoms with E-state index in [1.807, 2.05) is 0 Å². The Labute approximate surface area is 92.1 Å². The fourth-order valence-electron chi connectivity index (χ4n) is 2.77. The molecule has 0 bridgehead atoms. The van der Waals surface area contributed by atoms with Crippen molar-refractivity contribution in [3.05, 3.63) is 12.2 Å². The van der Waals surface area contributed by atoms with Gasteiger partial charge in [-0.2, -0.15) is 0 Å². The van der Waals surface area contributed by atoms with Crippen LogP contribution in [0.5, 0.6) is 0 Å². The molecule has 0 amide bonds. The van der Waals surface area contributed by atoms with Crippen molar-refractivity contribution in [2.45, 2.75) is 39.0 Å². The molecule has 1 heterocycles. The van der Waals surface area contributed by atoms with E-state index in [-0.39, 0.29) is 0 Å². The molecular formula is C13H21NO. The normalized spacial score (nSPS) is 27.7. The number of rotatable bonds is 4. The summed E-state index contributed by atoms with van der Waals surface area (Å²) in [5, 5.41) is 3.36. The lowest BCUT2D eigenvalue weighted by atomic mass is 9.89. The van der Waals surface area contributed by atoms with Crippen LogP contribution in [-0.4, -0.2) is 18.9 Å². The Balaban J connectivity index is 1.86. The van der Waals surface area contributed by atoms with Crippen LogP contribution in [0.15, 0.2) is 12.2 Å². The Morgan fingerprint density at radius 3 is 2.73 bits per heavy atom. The molecule has 2 nitrogen and oxygen atoms in total. The highest BCUT2D eigenvalue weighted by Crippen LogP contribution is 2.59. The molecule has 1 aliphatic heterocycles. The number of carbonyl (C=O) groups excluding carboxylic acids is 1. The zero-order valence-electron chi connectivity index (χ0n) is 9.64. The number of Topliss-reactive ketones (excluding diaryl/α,β-unsaturated/α-hetero) is 1. The number of hydrogen-bond acceptors (Lipinski definition) is 2. The summed E-state index contributed by atoms with van der Waals surface area (Å²) in [5.41, 5.74) is 1.49. The van der Waals surface area contributed by atoms with Crippen molar-refractivity contribution >= 4 is 5.78 Å². The molecule has 2 rings (SSSR count). The van der Waals surface area contributed by atoms with Crippen molar-refractivity contribution in [3.63, 3.8) is 0 Å². The van der Waals surface area contributed by atoms with E-state index in [4.69, 9.17) is 0 Å². The van der Waals surface area contributed by atoms with Crippen LogP contribution in [0.4, 0.5) is 0 Å². The molecule has 2 aliphatic rings. The summed E-state index contributed by atoms with van der Waals surface area (Å²) < 4.78 is 0. The molecule has 84 valence electrons. The van der Waals surface area contributed by atoms with Gasteiger partial charge < -0.3 is 5.32 Å². The van der Waals surface area contributed by atoms with Gasteiger partial charge in [-0.15, -0.1) is 0 Å². The van der Waals surface area contributed by atoms with Crippen molar-refractivity contribution < 1.29 is 4.79 Å². The van der Waals surface area contributed by atoms with Gasteiger partial charge in [-0.25, -0.2) is 0 Å². The predicted molar refractivity (Wildman–Crippen MR) is 61.7 cm³/mol. The summed E-state index contributed by atoms with van der Waals surface area (Å²) in [4.78, 5) is 12.0. The van der Waals surface area contributed by atoms with Crippen LogP contribution >= 0.6 is 0 Å². The minimum Gasteiger partial charge on any atom is -0.317 e. The summed E-state index contributed by atoms with van der Waals surface area (Å²) in [5.74, 6) is 0.812. The Bertz CT molecular complexity index is 276. The van der Waals surface area contributed by atoms with Crippen molar-refractivity contribution in [3.8, 4) is 0 Å². The zero-order chi connectivity index (χ0) is 10.9. The molecule has 1 saturated carbocycles. The second kappa shape index (κ2) is 4.09. The van der Waals surface area contributed by atoms with Crippen LogP contribution in [-0.2, 0) is 4.79 Å². The van der Waals surface area contributed by atoms with Crippen LogP contribution in [0.1, 0.15) is 39.0 Å². The maximum absolute atomic E-state index is 12.0. The summed E-state index contributed by atoms with van der Waals surface area (Å²) in [6.45, 7) is 8.19. The molecule has 1 aliphatic carbocycles. The van der Waals surface area contributed by atoms with Crippen LogP contribution < -0.4 is 5.32 Å². The van der Waals surface area contributed by atoms with E-state index in [0.29, 0.717) is 23.5 Å². The number of hydrogen-bond donors (Lipinski definition) is 1. The maximum Gasteiger partial charge on any atom is 0.140 e. The van der Waals surface area contributed by atoms with E-state index >= 15 is 0 Å². The van der Waals surface area contributed by atoms with E-state index in [0.717, 1.165) is 31.5 Å². The first-order valence-corrected chi connectivity index (χ1v) is 6.08. The highest BCUT2D eigenvalue weighted by Gasteiger charge is 2.56. The third-order valence-electron chi connectivity index (χ3n) is 4.10. The predicted octanol–water partition coefficient (Wildman–Crippen LogP) is 2.30. The molecule has 0 radical (unpaired) electrons. The SMILES string of the molecule is C=C(CC)CC(=O)C1CC12CCNCC2. The first-order valence-electron chi connectivity index (χ1n) is 6.08. The Morgan fingerprint density at radius 1 is 1.47 bits per heavy atom. The van der Waals surface area contributed by atoms with E-state index in [1.165, 1.54) is 12.8 Å². The highest BCUT2D eigenvalue weighted by molar-refractivity contribution is 5.86. The minimum absolute atomic E-state index is 0.364. The summed E-state index contributed by atoms with van der Waals surface area (Å²) in [7, 11) is 0. The van der Waals surface area contributed by atoms with Gasteiger partial charge in [0.2, 0.25) is 0 Å². The topological polar surface area (TPSA) is 29.1 Å². The number of carbonyl (C=O) groups is 1. The Morgan fingerprint density at radius 2 is 2.13 bits per heavy atom. The van der Waals surface area contributed by atoms with Gasteiger partial charge in [-0.1, -0.05) is 19.1 Å². The molecule has 2 heteroatoms. The fourth-order valence-corrected chi connectivity index (χ4v) is 2.77. The van der Waals surface area contributed by atoms with E-state index < -0.39 is 0 Å². The van der Waals surface area contributed by atoms with E-state index in [2.05, 4.69) is 18.8 Å². The molecule has 2 fully saturated rings. The van der Waals surface area contributed by atoms with Gasteiger partial charge in [0.05, 0.1) is 0 Å². The standard InChI is InChI=1S/C13H21NO/c1-3-10(2)8-12(15)11-9-13(11)4-6-14-7-5-13/h11,14H,2-9H2,1H3. The summed E-state index contributed by atoms with van der Waals surface area (Å²) >= 11 is 0. The van der Waals surface area contributed by atoms with Gasteiger partial charge in [-0.05, 0) is 44.2 Å². The quantitative estimate of drug-likeness (QED) is 0.717. The third kappa shape index (κ3) is 2.15. The first-order chi connectivity index (χ1) is 7.18. The smallest absolute Gasteiger partial charge is 0.140 e. The number of piperidine rings is 1. The Kier molecular flexibility index (Phi) is 2.96. The van der Waals surface area contributed by atoms with Crippen LogP contribution in [0.25, 0.3) is 0 Å². The van der Waals surface area contributed by atoms with E-state index in [9.17, 15) is 4.79 Å². The fraction of sp³-hybridized carbons (Fsp3) is 0.769. The highest BCUT2D eigenvalue weighted by atomic mass is 16.1. The van der Waals surface area contributed by atoms with Crippen LogP contribution in [0.2, 0.25) is 0 Å². The van der Waals surface area contributed by atoms with Gasteiger partial charge in [0.25, 0.3) is 0 Å². The lowest BCUT2D eigenvalue weighted by molar-refractivity contribution is -0.120. The average molecular weight is 207 g/mol. The van der Waals surface area contributed by atoms with Gasteiger partial charge in [-0.3, -0.25) is 4.79 Å². The maximum atomic E-state index is 12.0. The molecule has 15 heavy (non-hydrogen) atoms. The monoisotopic (exact) mass is 207 g/mol. The van der Waals surface area contributed by atoms with Crippen molar-refractivity contribution in [2.75, 3.05) is 13.1 Å². The molecule has 1 saturated heterocycles. The molecule has 1 atom stereocenters. The molecule has 0 aromatic rings. The van der Waals surface area contributed by atoms with Crippen molar-refractivity contribution in [1.82, 2.24) is 5.32 Å². The third-order valence-corrected chi connectivity index (χ3v) is 4.10. The number of ketones is 1. The molecule has 1 spiro atoms. The Hall–Kier alpha value is -0.630. The largest absolute Gasteiger partial charge is 0.317 e. The minimum atomic E-state index is 0.364. The molecule has 0 aromatic carbocycles. The van der Waals surface area contributed by atoms with Gasteiger partial charge in [0, 0.05) is 12.3 Å². The lowest BCUT2D eigenvalue weighted by Gasteiger charge is -2.23. The van der Waals surface area contributed by atoms with E-state index in [1.54, 1.807) is 0 Å². The number of allylic oxidation sites excluding steroid dienone is 1. The molecular weight excluding hydrogens is 186 g/mol. The van der Waals surface area contributed by atoms with Crippen LogP contribution in [0, 0.1) is 11.3 Å². The molecule has 1 N–H and O–H groups in total. The zero-order valence-corrected chi connectivity index (χ0v) is 9.64. The van der Waals surface area contributed by atoms with Crippen LogP contribution in [0.3, 0.4) is 0 Å². The molecule has 1 unspecified atom stereocenters. The van der Waals surface area contributed by atoms with Gasteiger partial charge in [0.15, 0.2) is 0 Å².